The number of hydrogen-bond donors (Lipinski definition) is 1. The van der Waals surface area contributed by atoms with E-state index in [9.17, 15) is 9.50 Å². The van der Waals surface area contributed by atoms with Crippen molar-refractivity contribution in [3.05, 3.63) is 23.0 Å². The lowest BCUT2D eigenvalue weighted by Crippen LogP contribution is -2.11. The Kier molecular flexibility index (Phi) is 1.89. The molecule has 58 valence electrons. The van der Waals surface area contributed by atoms with Crippen molar-refractivity contribution in [2.75, 3.05) is 0 Å². The zero-order valence-electron chi connectivity index (χ0n) is 6.90. The molecule has 1 rings (SSSR count). The minimum Gasteiger partial charge on any atom is -0.508 e. The van der Waals surface area contributed by atoms with E-state index in [-0.39, 0.29) is 11.6 Å². The van der Waals surface area contributed by atoms with Crippen LogP contribution in [-0.4, -0.2) is 13.0 Å². The Morgan fingerprint density at radius 1 is 1.36 bits per heavy atom. The molecule has 0 aliphatic heterocycles. The molecule has 0 fully saturated rings. The van der Waals surface area contributed by atoms with E-state index >= 15 is 0 Å². The monoisotopic (exact) mass is 152 g/mol. The number of aromatic hydroxyl groups is 1. The average Bonchev–Trinajstić information content (AvgIpc) is 1.97. The highest BCUT2D eigenvalue weighted by Gasteiger charge is 2.08. The first kappa shape index (κ1) is 8.11. The Bertz CT molecular complexity index is 270. The van der Waals surface area contributed by atoms with Gasteiger partial charge in [0.15, 0.2) is 0 Å². The minimum atomic E-state index is -0.312. The van der Waals surface area contributed by atoms with Crippen molar-refractivity contribution in [2.24, 2.45) is 0 Å². The van der Waals surface area contributed by atoms with Gasteiger partial charge in [0, 0.05) is 0 Å². The van der Waals surface area contributed by atoms with Crippen LogP contribution in [0.3, 0.4) is 0 Å². The van der Waals surface area contributed by atoms with Crippen molar-refractivity contribution >= 4 is 13.3 Å². The fourth-order valence-corrected chi connectivity index (χ4v) is 1.15. The first-order valence-electron chi connectivity index (χ1n) is 3.49. The summed E-state index contributed by atoms with van der Waals surface area (Å²) in [6.45, 7) is 3.45. The van der Waals surface area contributed by atoms with Crippen molar-refractivity contribution < 1.29 is 9.50 Å². The molecule has 1 aromatic rings. The number of phenolic OH excluding ortho intramolecular Hbond substituents is 1. The summed E-state index contributed by atoms with van der Waals surface area (Å²) in [6, 6.07) is 1.64. The topological polar surface area (TPSA) is 20.2 Å². The molecule has 0 unspecified atom stereocenters. The van der Waals surface area contributed by atoms with E-state index in [0.29, 0.717) is 11.0 Å². The van der Waals surface area contributed by atoms with E-state index in [2.05, 4.69) is 0 Å². The van der Waals surface area contributed by atoms with Crippen LogP contribution in [-0.2, 0) is 0 Å². The maximum absolute atomic E-state index is 13.0. The molecule has 0 spiro atoms. The lowest BCUT2D eigenvalue weighted by molar-refractivity contribution is 0.470. The lowest BCUT2D eigenvalue weighted by atomic mass is 9.90. The number of halogens is 1. The highest BCUT2D eigenvalue weighted by molar-refractivity contribution is 6.34. The first-order valence-corrected chi connectivity index (χ1v) is 3.49. The molecule has 11 heavy (non-hydrogen) atoms. The van der Waals surface area contributed by atoms with Crippen LogP contribution in [0, 0.1) is 19.7 Å². The van der Waals surface area contributed by atoms with E-state index in [1.54, 1.807) is 27.8 Å². The molecule has 1 N–H and O–H groups in total. The zero-order valence-corrected chi connectivity index (χ0v) is 6.90. The SMILES string of the molecule is Bc1c(O)c(C)cc(C)c1F. The Labute approximate surface area is 66.3 Å². The van der Waals surface area contributed by atoms with Gasteiger partial charge in [0.1, 0.15) is 19.4 Å². The lowest BCUT2D eigenvalue weighted by Gasteiger charge is -2.06. The van der Waals surface area contributed by atoms with Gasteiger partial charge in [-0.3, -0.25) is 0 Å². The molecule has 3 heteroatoms. The van der Waals surface area contributed by atoms with Gasteiger partial charge >= 0.3 is 0 Å². The van der Waals surface area contributed by atoms with Crippen LogP contribution < -0.4 is 5.46 Å². The predicted molar refractivity (Wildman–Crippen MR) is 45.7 cm³/mol. The van der Waals surface area contributed by atoms with Crippen LogP contribution in [0.15, 0.2) is 6.07 Å². The molecule has 0 radical (unpaired) electrons. The molecular weight excluding hydrogens is 142 g/mol. The van der Waals surface area contributed by atoms with Crippen molar-refractivity contribution in [2.45, 2.75) is 13.8 Å². The van der Waals surface area contributed by atoms with Crippen molar-refractivity contribution in [1.29, 1.82) is 0 Å². The maximum atomic E-state index is 13.0. The summed E-state index contributed by atoms with van der Waals surface area (Å²) >= 11 is 0. The minimum absolute atomic E-state index is 0.0631. The smallest absolute Gasteiger partial charge is 0.148 e. The Hall–Kier alpha value is -0.985. The average molecular weight is 152 g/mol. The molecule has 0 aromatic heterocycles. The number of hydrogen-bond acceptors (Lipinski definition) is 1. The highest BCUT2D eigenvalue weighted by atomic mass is 19.1. The molecule has 0 aliphatic carbocycles. The van der Waals surface area contributed by atoms with E-state index in [1.165, 1.54) is 0 Å². The highest BCUT2D eigenvalue weighted by Crippen LogP contribution is 2.16. The molecule has 0 aliphatic rings. The van der Waals surface area contributed by atoms with Gasteiger partial charge in [-0.05, 0) is 36.5 Å². The van der Waals surface area contributed by atoms with E-state index in [4.69, 9.17) is 0 Å². The van der Waals surface area contributed by atoms with Crippen LogP contribution in [0.2, 0.25) is 0 Å². The van der Waals surface area contributed by atoms with Crippen molar-refractivity contribution in [3.63, 3.8) is 0 Å². The van der Waals surface area contributed by atoms with Gasteiger partial charge in [-0.15, -0.1) is 0 Å². The Balaban J connectivity index is 3.46. The zero-order chi connectivity index (χ0) is 8.59. The summed E-state index contributed by atoms with van der Waals surface area (Å²) in [4.78, 5) is 0. The van der Waals surface area contributed by atoms with Gasteiger partial charge in [-0.1, -0.05) is 0 Å². The fourth-order valence-electron chi connectivity index (χ4n) is 1.15. The molecule has 0 heterocycles. The number of rotatable bonds is 0. The maximum Gasteiger partial charge on any atom is 0.148 e. The molecule has 1 nitrogen and oxygen atoms in total. The normalized spacial score (nSPS) is 10.1. The Morgan fingerprint density at radius 2 is 1.91 bits per heavy atom. The molecule has 1 aromatic carbocycles. The van der Waals surface area contributed by atoms with Crippen LogP contribution >= 0.6 is 0 Å². The van der Waals surface area contributed by atoms with Gasteiger partial charge in [-0.25, -0.2) is 4.39 Å². The second-order valence-corrected chi connectivity index (χ2v) is 2.80. The first-order chi connectivity index (χ1) is 5.04. The second kappa shape index (κ2) is 2.57. The molecule has 0 bridgehead atoms. The standard InChI is InChI=1S/C8H10BFO/c1-4-3-5(2)8(11)6(9)7(4)10/h3,11H,9H2,1-2H3. The van der Waals surface area contributed by atoms with Crippen LogP contribution in [0.1, 0.15) is 11.1 Å². The van der Waals surface area contributed by atoms with E-state index < -0.39 is 0 Å². The second-order valence-electron chi connectivity index (χ2n) is 2.80. The van der Waals surface area contributed by atoms with Gasteiger partial charge in [0.2, 0.25) is 0 Å². The summed E-state index contributed by atoms with van der Waals surface area (Å²) in [5.74, 6) is -0.249. The number of aryl methyl sites for hydroxylation is 2. The van der Waals surface area contributed by atoms with Gasteiger partial charge in [0.05, 0.1) is 0 Å². The summed E-state index contributed by atoms with van der Waals surface area (Å²) in [6.07, 6.45) is 0. The summed E-state index contributed by atoms with van der Waals surface area (Å²) in [5, 5.41) is 9.27. The third-order valence-electron chi connectivity index (χ3n) is 1.84. The molecule has 0 atom stereocenters. The summed E-state index contributed by atoms with van der Waals surface area (Å²) in [5.41, 5.74) is 1.64. The number of benzene rings is 1. The fraction of sp³-hybridized carbons (Fsp3) is 0.250. The quantitative estimate of drug-likeness (QED) is 0.533. The summed E-state index contributed by atoms with van der Waals surface area (Å²) < 4.78 is 13.0. The van der Waals surface area contributed by atoms with Gasteiger partial charge in [0.25, 0.3) is 0 Å². The molecule has 0 saturated carbocycles. The predicted octanol–water partition coefficient (Wildman–Crippen LogP) is 0.407. The Morgan fingerprint density at radius 3 is 2.45 bits per heavy atom. The van der Waals surface area contributed by atoms with Crippen molar-refractivity contribution in [1.82, 2.24) is 0 Å². The van der Waals surface area contributed by atoms with Crippen LogP contribution in [0.4, 0.5) is 4.39 Å². The third kappa shape index (κ3) is 1.23. The molecular formula is C8H10BFO. The summed E-state index contributed by atoms with van der Waals surface area (Å²) in [7, 11) is 1.57. The van der Waals surface area contributed by atoms with Crippen molar-refractivity contribution in [3.8, 4) is 5.75 Å². The van der Waals surface area contributed by atoms with E-state index in [1.807, 2.05) is 0 Å². The number of phenols is 1. The largest absolute Gasteiger partial charge is 0.508 e. The molecule has 0 saturated heterocycles. The van der Waals surface area contributed by atoms with Crippen LogP contribution in [0.5, 0.6) is 5.75 Å². The van der Waals surface area contributed by atoms with Gasteiger partial charge < -0.3 is 5.11 Å². The molecule has 0 amide bonds. The van der Waals surface area contributed by atoms with Crippen LogP contribution in [0.25, 0.3) is 0 Å². The van der Waals surface area contributed by atoms with Gasteiger partial charge in [-0.2, -0.15) is 0 Å². The van der Waals surface area contributed by atoms with E-state index in [0.717, 1.165) is 5.56 Å². The third-order valence-corrected chi connectivity index (χ3v) is 1.84.